The lowest BCUT2D eigenvalue weighted by atomic mass is 10.3. The summed E-state index contributed by atoms with van der Waals surface area (Å²) in [5.41, 5.74) is 6.01. The zero-order chi connectivity index (χ0) is 14.6. The normalized spacial score (nSPS) is 9.68. The molecular formula is C12H17N3O4. The fourth-order valence-corrected chi connectivity index (χ4v) is 1.06. The Morgan fingerprint density at radius 3 is 1.89 bits per heavy atom. The van der Waals surface area contributed by atoms with Gasteiger partial charge < -0.3 is 25.0 Å². The fourth-order valence-electron chi connectivity index (χ4n) is 1.06. The van der Waals surface area contributed by atoms with Crippen LogP contribution in [0.1, 0.15) is 0 Å². The zero-order valence-corrected chi connectivity index (χ0v) is 11.3. The van der Waals surface area contributed by atoms with E-state index in [1.165, 1.54) is 21.9 Å². The number of hydrogen-bond acceptors (Lipinski definition) is 5. The summed E-state index contributed by atoms with van der Waals surface area (Å²) >= 11 is 0. The van der Waals surface area contributed by atoms with Crippen molar-refractivity contribution in [2.45, 2.75) is 0 Å². The maximum Gasteiger partial charge on any atom is 0.414 e. The number of carbonyl (C=O) groups excluding carboxylic acids is 2. The van der Waals surface area contributed by atoms with Crippen LogP contribution in [-0.4, -0.2) is 50.2 Å². The molecule has 0 atom stereocenters. The highest BCUT2D eigenvalue weighted by Crippen LogP contribution is 2.30. The lowest BCUT2D eigenvalue weighted by molar-refractivity contribution is 0.161. The van der Waals surface area contributed by atoms with E-state index in [0.717, 1.165) is 0 Å². The number of hydrogen-bond donors (Lipinski definition) is 1. The van der Waals surface area contributed by atoms with Crippen LogP contribution >= 0.6 is 0 Å². The fraction of sp³-hybridized carbons (Fsp3) is 0.333. The first-order valence-electron chi connectivity index (χ1n) is 5.49. The van der Waals surface area contributed by atoms with Gasteiger partial charge in [0.15, 0.2) is 11.5 Å². The first kappa shape index (κ1) is 14.6. The molecule has 0 aliphatic carbocycles. The molecule has 0 fully saturated rings. The third-order valence-electron chi connectivity index (χ3n) is 2.09. The van der Waals surface area contributed by atoms with Crippen LogP contribution in [0.3, 0.4) is 0 Å². The molecule has 19 heavy (non-hydrogen) atoms. The smallest absolute Gasteiger partial charge is 0.406 e. The molecule has 7 nitrogen and oxygen atoms in total. The van der Waals surface area contributed by atoms with E-state index in [-0.39, 0.29) is 11.5 Å². The second kappa shape index (κ2) is 5.94. The van der Waals surface area contributed by atoms with E-state index in [1.807, 2.05) is 0 Å². The summed E-state index contributed by atoms with van der Waals surface area (Å²) in [6.45, 7) is 0. The SMILES string of the molecule is CN(C)C(=O)Oc1ccc(N)cc1OC(=O)N(C)C. The van der Waals surface area contributed by atoms with Crippen molar-refractivity contribution in [1.29, 1.82) is 0 Å². The van der Waals surface area contributed by atoms with E-state index < -0.39 is 12.2 Å². The van der Waals surface area contributed by atoms with E-state index >= 15 is 0 Å². The Balaban J connectivity index is 2.98. The molecule has 0 radical (unpaired) electrons. The molecule has 1 aromatic carbocycles. The van der Waals surface area contributed by atoms with Crippen molar-refractivity contribution in [2.24, 2.45) is 0 Å². The number of nitrogen functional groups attached to an aromatic ring is 1. The van der Waals surface area contributed by atoms with Crippen LogP contribution in [0.2, 0.25) is 0 Å². The Morgan fingerprint density at radius 1 is 0.947 bits per heavy atom. The molecule has 104 valence electrons. The summed E-state index contributed by atoms with van der Waals surface area (Å²) in [7, 11) is 6.18. The summed E-state index contributed by atoms with van der Waals surface area (Å²) < 4.78 is 10.2. The van der Waals surface area contributed by atoms with E-state index in [9.17, 15) is 9.59 Å². The van der Waals surface area contributed by atoms with Crippen molar-refractivity contribution in [1.82, 2.24) is 9.80 Å². The van der Waals surface area contributed by atoms with Gasteiger partial charge in [-0.05, 0) is 12.1 Å². The predicted molar refractivity (Wildman–Crippen MR) is 70.3 cm³/mol. The Labute approximate surface area is 111 Å². The average Bonchev–Trinajstić information content (AvgIpc) is 2.32. The molecule has 1 rings (SSSR count). The lowest BCUT2D eigenvalue weighted by Crippen LogP contribution is -2.27. The summed E-state index contributed by atoms with van der Waals surface area (Å²) in [5, 5.41) is 0. The number of benzene rings is 1. The molecule has 2 amide bonds. The number of nitrogens with two attached hydrogens (primary N) is 1. The first-order chi connectivity index (χ1) is 8.81. The molecule has 0 unspecified atom stereocenters. The van der Waals surface area contributed by atoms with Crippen LogP contribution < -0.4 is 15.2 Å². The molecular weight excluding hydrogens is 250 g/mol. The van der Waals surface area contributed by atoms with Crippen LogP contribution in [0.15, 0.2) is 18.2 Å². The first-order valence-corrected chi connectivity index (χ1v) is 5.49. The zero-order valence-electron chi connectivity index (χ0n) is 11.3. The third kappa shape index (κ3) is 4.06. The topological polar surface area (TPSA) is 85.1 Å². The molecule has 0 saturated carbocycles. The second-order valence-electron chi connectivity index (χ2n) is 4.23. The van der Waals surface area contributed by atoms with Crippen LogP contribution in [0.4, 0.5) is 15.3 Å². The minimum Gasteiger partial charge on any atom is -0.406 e. The average molecular weight is 267 g/mol. The number of nitrogens with zero attached hydrogens (tertiary/aromatic N) is 2. The van der Waals surface area contributed by atoms with Gasteiger partial charge in [-0.2, -0.15) is 0 Å². The van der Waals surface area contributed by atoms with Crippen LogP contribution in [-0.2, 0) is 0 Å². The van der Waals surface area contributed by atoms with E-state index in [0.29, 0.717) is 5.69 Å². The van der Waals surface area contributed by atoms with Crippen LogP contribution in [0.5, 0.6) is 11.5 Å². The van der Waals surface area contributed by atoms with Gasteiger partial charge in [-0.3, -0.25) is 0 Å². The van der Waals surface area contributed by atoms with E-state index in [4.69, 9.17) is 15.2 Å². The monoisotopic (exact) mass is 267 g/mol. The van der Waals surface area contributed by atoms with Gasteiger partial charge in [-0.15, -0.1) is 0 Å². The van der Waals surface area contributed by atoms with Crippen molar-refractivity contribution in [2.75, 3.05) is 33.9 Å². The summed E-state index contributed by atoms with van der Waals surface area (Å²) in [6.07, 6.45) is -1.17. The maximum absolute atomic E-state index is 11.5. The van der Waals surface area contributed by atoms with Crippen LogP contribution in [0, 0.1) is 0 Å². The molecule has 0 bridgehead atoms. The molecule has 1 aromatic rings. The van der Waals surface area contributed by atoms with Gasteiger partial charge in [0.25, 0.3) is 0 Å². The molecule has 7 heteroatoms. The van der Waals surface area contributed by atoms with Gasteiger partial charge in [-0.1, -0.05) is 0 Å². The van der Waals surface area contributed by atoms with Gasteiger partial charge in [0.1, 0.15) is 0 Å². The highest BCUT2D eigenvalue weighted by molar-refractivity contribution is 5.75. The predicted octanol–water partition coefficient (Wildman–Crippen LogP) is 1.39. The highest BCUT2D eigenvalue weighted by Gasteiger charge is 2.16. The highest BCUT2D eigenvalue weighted by atomic mass is 16.6. The number of anilines is 1. The number of amides is 2. The van der Waals surface area contributed by atoms with E-state index in [2.05, 4.69) is 0 Å². The summed E-state index contributed by atoms with van der Waals surface area (Å²) in [4.78, 5) is 25.5. The summed E-state index contributed by atoms with van der Waals surface area (Å²) in [6, 6.07) is 4.43. The van der Waals surface area contributed by atoms with Gasteiger partial charge in [-0.25, -0.2) is 9.59 Å². The van der Waals surface area contributed by atoms with Gasteiger partial charge in [0.2, 0.25) is 0 Å². The molecule has 0 spiro atoms. The number of ether oxygens (including phenoxy) is 2. The molecule has 0 heterocycles. The molecule has 0 aliphatic rings. The van der Waals surface area contributed by atoms with Gasteiger partial charge >= 0.3 is 12.2 Å². The third-order valence-corrected chi connectivity index (χ3v) is 2.09. The molecule has 2 N–H and O–H groups in total. The maximum atomic E-state index is 11.5. The van der Waals surface area contributed by atoms with Crippen LogP contribution in [0.25, 0.3) is 0 Å². The van der Waals surface area contributed by atoms with Gasteiger partial charge in [0.05, 0.1) is 0 Å². The Bertz CT molecular complexity index is 486. The minimum atomic E-state index is -0.590. The second-order valence-corrected chi connectivity index (χ2v) is 4.23. The minimum absolute atomic E-state index is 0.0916. The Kier molecular flexibility index (Phi) is 4.57. The summed E-state index contributed by atoms with van der Waals surface area (Å²) in [5.74, 6) is 0.219. The van der Waals surface area contributed by atoms with Crippen molar-refractivity contribution in [3.05, 3.63) is 18.2 Å². The van der Waals surface area contributed by atoms with Crippen molar-refractivity contribution in [3.63, 3.8) is 0 Å². The number of rotatable bonds is 2. The molecule has 0 saturated heterocycles. The molecule has 0 aliphatic heterocycles. The Hall–Kier alpha value is -2.44. The lowest BCUT2D eigenvalue weighted by Gasteiger charge is -2.15. The quantitative estimate of drug-likeness (QED) is 0.818. The largest absolute Gasteiger partial charge is 0.414 e. The van der Waals surface area contributed by atoms with Gasteiger partial charge in [0, 0.05) is 39.9 Å². The molecule has 0 aromatic heterocycles. The van der Waals surface area contributed by atoms with Crippen molar-refractivity contribution < 1.29 is 19.1 Å². The van der Waals surface area contributed by atoms with Crippen molar-refractivity contribution in [3.8, 4) is 11.5 Å². The van der Waals surface area contributed by atoms with Crippen molar-refractivity contribution >= 4 is 17.9 Å². The standard InChI is InChI=1S/C12H17N3O4/c1-14(2)11(16)18-9-6-5-8(13)7-10(9)19-12(17)15(3)4/h5-7H,13H2,1-4H3. The Morgan fingerprint density at radius 2 is 1.42 bits per heavy atom. The number of carbonyl (C=O) groups is 2. The van der Waals surface area contributed by atoms with E-state index in [1.54, 1.807) is 34.3 Å².